The molecule has 0 fully saturated rings. The van der Waals surface area contributed by atoms with Crippen molar-refractivity contribution >= 4 is 12.0 Å². The Labute approximate surface area is 143 Å². The first-order chi connectivity index (χ1) is 11.6. The van der Waals surface area contributed by atoms with Gasteiger partial charge in [0.2, 0.25) is 0 Å². The molecular formula is C21H24O3. The zero-order valence-electron chi connectivity index (χ0n) is 14.5. The average Bonchev–Trinajstić information content (AvgIpc) is 2.55. The van der Waals surface area contributed by atoms with E-state index in [0.717, 1.165) is 11.3 Å². The number of esters is 1. The molecule has 0 amide bonds. The minimum atomic E-state index is -0.212. The van der Waals surface area contributed by atoms with Gasteiger partial charge in [0.05, 0.1) is 13.0 Å². The van der Waals surface area contributed by atoms with E-state index in [1.165, 1.54) is 16.7 Å². The van der Waals surface area contributed by atoms with Crippen LogP contribution in [-0.4, -0.2) is 12.6 Å². The highest BCUT2D eigenvalue weighted by atomic mass is 16.5. The molecule has 0 bridgehead atoms. The summed E-state index contributed by atoms with van der Waals surface area (Å²) in [5.41, 5.74) is 4.69. The normalized spacial score (nSPS) is 10.8. The Bertz CT molecular complexity index is 697. The maximum Gasteiger partial charge on any atom is 0.309 e. The maximum atomic E-state index is 11.3. The van der Waals surface area contributed by atoms with E-state index in [2.05, 4.69) is 32.0 Å². The molecule has 0 unspecified atom stereocenters. The predicted octanol–water partition coefficient (Wildman–Crippen LogP) is 4.85. The zero-order valence-corrected chi connectivity index (χ0v) is 14.5. The van der Waals surface area contributed by atoms with Gasteiger partial charge in [-0.1, -0.05) is 42.5 Å². The molecule has 0 radical (unpaired) electrons. The minimum Gasteiger partial charge on any atom is -0.489 e. The number of ether oxygens (including phenoxy) is 2. The van der Waals surface area contributed by atoms with Gasteiger partial charge in [-0.05, 0) is 55.2 Å². The number of hydrogen-bond donors (Lipinski definition) is 0. The highest BCUT2D eigenvalue weighted by Gasteiger charge is 2.03. The van der Waals surface area contributed by atoms with Crippen LogP contribution in [0.5, 0.6) is 5.75 Å². The van der Waals surface area contributed by atoms with Gasteiger partial charge in [-0.15, -0.1) is 0 Å². The Morgan fingerprint density at radius 3 is 2.50 bits per heavy atom. The van der Waals surface area contributed by atoms with Crippen LogP contribution in [-0.2, 0) is 16.1 Å². The summed E-state index contributed by atoms with van der Waals surface area (Å²) in [6, 6.07) is 14.1. The molecule has 0 aromatic heterocycles. The second kappa shape index (κ2) is 8.92. The minimum absolute atomic E-state index is 0.212. The first-order valence-corrected chi connectivity index (χ1v) is 8.20. The molecule has 2 rings (SSSR count). The van der Waals surface area contributed by atoms with E-state index < -0.39 is 0 Å². The molecule has 0 saturated carbocycles. The van der Waals surface area contributed by atoms with Crippen LogP contribution >= 0.6 is 0 Å². The van der Waals surface area contributed by atoms with E-state index in [1.54, 1.807) is 6.92 Å². The summed E-state index contributed by atoms with van der Waals surface area (Å²) in [6.45, 7) is 6.96. The number of benzene rings is 2. The molecule has 0 atom stereocenters. The molecule has 0 aliphatic rings. The van der Waals surface area contributed by atoms with Gasteiger partial charge < -0.3 is 9.47 Å². The van der Waals surface area contributed by atoms with Crippen LogP contribution in [0.1, 0.15) is 35.6 Å². The van der Waals surface area contributed by atoms with Gasteiger partial charge in [-0.2, -0.15) is 0 Å². The fourth-order valence-electron chi connectivity index (χ4n) is 2.45. The quantitative estimate of drug-likeness (QED) is 0.683. The van der Waals surface area contributed by atoms with Gasteiger partial charge in [0.1, 0.15) is 12.4 Å². The standard InChI is InChI=1S/C21H24O3/c1-4-23-21(22)13-7-11-18-10-6-12-19(14-18)24-15-20-16(2)8-5-9-17(20)3/h5-12,14H,4,13,15H2,1-3H3/b11-7+. The van der Waals surface area contributed by atoms with E-state index in [4.69, 9.17) is 9.47 Å². The number of hydrogen-bond acceptors (Lipinski definition) is 3. The van der Waals surface area contributed by atoms with Crippen LogP contribution in [0, 0.1) is 13.8 Å². The van der Waals surface area contributed by atoms with Gasteiger partial charge in [0.15, 0.2) is 0 Å². The largest absolute Gasteiger partial charge is 0.489 e. The van der Waals surface area contributed by atoms with Crippen LogP contribution in [0.15, 0.2) is 48.5 Å². The Kier molecular flexibility index (Phi) is 6.62. The predicted molar refractivity (Wildman–Crippen MR) is 97.0 cm³/mol. The smallest absolute Gasteiger partial charge is 0.309 e. The second-order valence-corrected chi connectivity index (χ2v) is 5.64. The van der Waals surface area contributed by atoms with Crippen LogP contribution in [0.25, 0.3) is 6.08 Å². The van der Waals surface area contributed by atoms with E-state index in [9.17, 15) is 4.79 Å². The van der Waals surface area contributed by atoms with Crippen molar-refractivity contribution in [2.45, 2.75) is 33.8 Å². The van der Waals surface area contributed by atoms with Gasteiger partial charge in [0.25, 0.3) is 0 Å². The Morgan fingerprint density at radius 1 is 1.08 bits per heavy atom. The molecule has 0 aliphatic carbocycles. The monoisotopic (exact) mass is 324 g/mol. The zero-order chi connectivity index (χ0) is 17.4. The fraction of sp³-hybridized carbons (Fsp3) is 0.286. The summed E-state index contributed by atoms with van der Waals surface area (Å²) < 4.78 is 10.8. The molecule has 0 spiro atoms. The van der Waals surface area contributed by atoms with Crippen molar-refractivity contribution in [2.24, 2.45) is 0 Å². The van der Waals surface area contributed by atoms with Gasteiger partial charge in [0, 0.05) is 0 Å². The molecule has 0 heterocycles. The fourth-order valence-corrected chi connectivity index (χ4v) is 2.45. The van der Waals surface area contributed by atoms with Crippen LogP contribution in [0.4, 0.5) is 0 Å². The summed E-state index contributed by atoms with van der Waals surface area (Å²) in [4.78, 5) is 11.3. The van der Waals surface area contributed by atoms with Gasteiger partial charge >= 0.3 is 5.97 Å². The Morgan fingerprint density at radius 2 is 1.79 bits per heavy atom. The molecule has 0 saturated heterocycles. The lowest BCUT2D eigenvalue weighted by molar-refractivity contribution is -0.142. The van der Waals surface area contributed by atoms with E-state index in [0.29, 0.717) is 13.2 Å². The summed E-state index contributed by atoms with van der Waals surface area (Å²) in [5.74, 6) is 0.604. The van der Waals surface area contributed by atoms with Gasteiger partial charge in [-0.3, -0.25) is 4.79 Å². The third-order valence-corrected chi connectivity index (χ3v) is 3.79. The molecule has 3 nitrogen and oxygen atoms in total. The van der Waals surface area contributed by atoms with Crippen molar-refractivity contribution in [1.29, 1.82) is 0 Å². The Balaban J connectivity index is 1.98. The van der Waals surface area contributed by atoms with E-state index in [-0.39, 0.29) is 12.4 Å². The molecule has 0 N–H and O–H groups in total. The van der Waals surface area contributed by atoms with Crippen molar-refractivity contribution in [2.75, 3.05) is 6.61 Å². The first kappa shape index (κ1) is 17.8. The SMILES string of the molecule is CCOC(=O)C/C=C/c1cccc(OCc2c(C)cccc2C)c1. The number of aryl methyl sites for hydroxylation is 2. The third-order valence-electron chi connectivity index (χ3n) is 3.79. The number of rotatable bonds is 7. The summed E-state index contributed by atoms with van der Waals surface area (Å²) in [7, 11) is 0. The van der Waals surface area contributed by atoms with Crippen molar-refractivity contribution in [3.05, 3.63) is 70.8 Å². The van der Waals surface area contributed by atoms with Crippen molar-refractivity contribution in [3.8, 4) is 5.75 Å². The molecule has 2 aromatic rings. The molecule has 0 aliphatic heterocycles. The molecule has 3 heteroatoms. The van der Waals surface area contributed by atoms with Crippen LogP contribution < -0.4 is 4.74 Å². The molecule has 2 aromatic carbocycles. The molecule has 126 valence electrons. The second-order valence-electron chi connectivity index (χ2n) is 5.64. The maximum absolute atomic E-state index is 11.3. The van der Waals surface area contributed by atoms with E-state index in [1.807, 2.05) is 36.4 Å². The molecule has 24 heavy (non-hydrogen) atoms. The highest BCUT2D eigenvalue weighted by Crippen LogP contribution is 2.19. The van der Waals surface area contributed by atoms with Crippen molar-refractivity contribution in [1.82, 2.24) is 0 Å². The summed E-state index contributed by atoms with van der Waals surface area (Å²) in [6.07, 6.45) is 3.99. The first-order valence-electron chi connectivity index (χ1n) is 8.20. The lowest BCUT2D eigenvalue weighted by Crippen LogP contribution is -2.01. The topological polar surface area (TPSA) is 35.5 Å². The summed E-state index contributed by atoms with van der Waals surface area (Å²) in [5, 5.41) is 0. The summed E-state index contributed by atoms with van der Waals surface area (Å²) >= 11 is 0. The van der Waals surface area contributed by atoms with Crippen molar-refractivity contribution in [3.63, 3.8) is 0 Å². The number of carbonyl (C=O) groups excluding carboxylic acids is 1. The van der Waals surface area contributed by atoms with Crippen molar-refractivity contribution < 1.29 is 14.3 Å². The van der Waals surface area contributed by atoms with Crippen LogP contribution in [0.2, 0.25) is 0 Å². The van der Waals surface area contributed by atoms with Crippen LogP contribution in [0.3, 0.4) is 0 Å². The Hall–Kier alpha value is -2.55. The molecular weight excluding hydrogens is 300 g/mol. The number of carbonyl (C=O) groups is 1. The van der Waals surface area contributed by atoms with E-state index >= 15 is 0 Å². The third kappa shape index (κ3) is 5.27. The average molecular weight is 324 g/mol. The lowest BCUT2D eigenvalue weighted by atomic mass is 10.0. The van der Waals surface area contributed by atoms with Gasteiger partial charge in [-0.25, -0.2) is 0 Å². The lowest BCUT2D eigenvalue weighted by Gasteiger charge is -2.11. The highest BCUT2D eigenvalue weighted by molar-refractivity contribution is 5.72.